The van der Waals surface area contributed by atoms with E-state index >= 15 is 0 Å². The Labute approximate surface area is 358 Å². The molecule has 0 radical (unpaired) electrons. The first-order valence-electron chi connectivity index (χ1n) is 22.7. The van der Waals surface area contributed by atoms with E-state index in [4.69, 9.17) is 6.57 Å². The molecule has 5 nitrogen and oxygen atoms in total. The first-order valence-corrected chi connectivity index (χ1v) is 22.7. The summed E-state index contributed by atoms with van der Waals surface area (Å²) < 4.78 is 2.59. The minimum Gasteiger partial charge on any atom is -0.507 e. The topological polar surface area (TPSA) is 54.6 Å². The molecule has 2 aliphatic rings. The first kappa shape index (κ1) is 42.2. The van der Waals surface area contributed by atoms with Crippen LogP contribution in [0.3, 0.4) is 0 Å². The SMILES string of the molecule is [C-]#[N+]C(C#N)=C1C(=C2c3ccccc3C(=[N+](CCCCC)CCCCC)c3ccccc32)C(O)=C1c1c2ccccc2c(N(CCCCC)CCCCC)c2ccccc12. The van der Waals surface area contributed by atoms with Crippen LogP contribution in [0.25, 0.3) is 37.5 Å². The van der Waals surface area contributed by atoms with Crippen molar-refractivity contribution in [3.05, 3.63) is 159 Å². The Morgan fingerprint density at radius 2 is 1.02 bits per heavy atom. The molecule has 5 aromatic carbocycles. The third kappa shape index (κ3) is 8.03. The molecule has 5 heteroatoms. The Bertz CT molecular complexity index is 2440. The second kappa shape index (κ2) is 19.9. The van der Waals surface area contributed by atoms with Crippen LogP contribution < -0.4 is 4.90 Å². The molecular formula is C55H61N4O+. The molecule has 0 saturated carbocycles. The van der Waals surface area contributed by atoms with Gasteiger partial charge < -0.3 is 10.0 Å². The molecule has 60 heavy (non-hydrogen) atoms. The smallest absolute Gasteiger partial charge is 0.270 e. The third-order valence-electron chi connectivity index (χ3n) is 12.5. The number of benzene rings is 5. The van der Waals surface area contributed by atoms with Crippen molar-refractivity contribution in [2.24, 2.45) is 0 Å². The van der Waals surface area contributed by atoms with Gasteiger partial charge in [-0.3, -0.25) is 0 Å². The summed E-state index contributed by atoms with van der Waals surface area (Å²) in [6.07, 6.45) is 13.9. The molecule has 1 N–H and O–H groups in total. The van der Waals surface area contributed by atoms with E-state index < -0.39 is 0 Å². The fourth-order valence-corrected chi connectivity index (χ4v) is 9.60. The van der Waals surface area contributed by atoms with Crippen LogP contribution in [0.15, 0.2) is 120 Å². The molecule has 7 rings (SSSR count). The van der Waals surface area contributed by atoms with E-state index in [1.165, 1.54) is 37.1 Å². The third-order valence-corrected chi connectivity index (χ3v) is 12.5. The zero-order valence-electron chi connectivity index (χ0n) is 36.3. The summed E-state index contributed by atoms with van der Waals surface area (Å²) in [5, 5.41) is 27.8. The number of hydrogen-bond donors (Lipinski definition) is 1. The summed E-state index contributed by atoms with van der Waals surface area (Å²) in [5.41, 5.74) is 10.2. The summed E-state index contributed by atoms with van der Waals surface area (Å²) in [7, 11) is 0. The van der Waals surface area contributed by atoms with Crippen molar-refractivity contribution >= 4 is 44.1 Å². The molecule has 0 bridgehead atoms. The quantitative estimate of drug-likeness (QED) is 0.0310. The van der Waals surface area contributed by atoms with E-state index in [9.17, 15) is 10.4 Å². The average Bonchev–Trinajstić information content (AvgIpc) is 3.28. The number of nitriles is 1. The fraction of sp³-hybridized carbons (Fsp3) is 0.364. The maximum atomic E-state index is 12.8. The molecule has 0 fully saturated rings. The molecule has 0 heterocycles. The average molecular weight is 794 g/mol. The number of allylic oxidation sites excluding steroid dienone is 3. The molecule has 5 aromatic rings. The van der Waals surface area contributed by atoms with Crippen LogP contribution in [-0.4, -0.2) is 41.6 Å². The molecule has 2 aliphatic carbocycles. The Morgan fingerprint density at radius 1 is 0.583 bits per heavy atom. The summed E-state index contributed by atoms with van der Waals surface area (Å²) >= 11 is 0. The van der Waals surface area contributed by atoms with E-state index in [-0.39, 0.29) is 11.5 Å². The van der Waals surface area contributed by atoms with E-state index in [0.29, 0.717) is 16.7 Å². The standard InChI is InChI=1S/C55H60N4O/c1-6-10-22-34-58(35-23-11-7-2)53-43-30-18-14-26-39(43)48(40-27-15-19-31-44(40)53)51-50(47(38-56)57-5)52(55(51)60)49-41-28-16-20-32-45(41)54(46-33-21-17-29-42(46)49)59(36-24-12-8-3)37-25-13-9-4/h14-21,26-33H,6-13,22-25,34-37H2,1-4H3/p+1. The van der Waals surface area contributed by atoms with Gasteiger partial charge in [0.2, 0.25) is 5.71 Å². The van der Waals surface area contributed by atoms with Crippen molar-refractivity contribution in [3.63, 3.8) is 0 Å². The minimum atomic E-state index is -0.00575. The molecule has 0 spiro atoms. The number of hydrogen-bond acceptors (Lipinski definition) is 3. The normalized spacial score (nSPS) is 14.1. The largest absolute Gasteiger partial charge is 0.507 e. The van der Waals surface area contributed by atoms with Gasteiger partial charge in [0, 0.05) is 64.6 Å². The lowest BCUT2D eigenvalue weighted by molar-refractivity contribution is -0.528. The van der Waals surface area contributed by atoms with Gasteiger partial charge in [0.15, 0.2) is 0 Å². The molecular weight excluding hydrogens is 733 g/mol. The van der Waals surface area contributed by atoms with Crippen LogP contribution in [0.4, 0.5) is 5.69 Å². The highest BCUT2D eigenvalue weighted by atomic mass is 16.3. The van der Waals surface area contributed by atoms with Crippen molar-refractivity contribution in [1.29, 1.82) is 5.26 Å². The predicted molar refractivity (Wildman–Crippen MR) is 253 cm³/mol. The fourth-order valence-electron chi connectivity index (χ4n) is 9.60. The molecule has 0 unspecified atom stereocenters. The van der Waals surface area contributed by atoms with Crippen molar-refractivity contribution in [3.8, 4) is 6.07 Å². The van der Waals surface area contributed by atoms with Gasteiger partial charge in [-0.25, -0.2) is 14.7 Å². The zero-order valence-corrected chi connectivity index (χ0v) is 36.3. The number of aliphatic hydroxyl groups is 1. The number of aliphatic hydroxyl groups excluding tert-OH is 1. The van der Waals surface area contributed by atoms with Gasteiger partial charge in [0.05, 0.1) is 29.5 Å². The van der Waals surface area contributed by atoms with Crippen molar-refractivity contribution in [2.45, 2.75) is 105 Å². The Kier molecular flexibility index (Phi) is 14.0. The van der Waals surface area contributed by atoms with Gasteiger partial charge >= 0.3 is 0 Å². The lowest BCUT2D eigenvalue weighted by atomic mass is 9.69. The second-order valence-electron chi connectivity index (χ2n) is 16.5. The summed E-state index contributed by atoms with van der Waals surface area (Å²) in [4.78, 5) is 6.47. The number of anilines is 1. The second-order valence-corrected chi connectivity index (χ2v) is 16.5. The van der Waals surface area contributed by atoms with Gasteiger partial charge in [-0.15, -0.1) is 0 Å². The summed E-state index contributed by atoms with van der Waals surface area (Å²) in [6.45, 7) is 21.3. The maximum absolute atomic E-state index is 12.8. The van der Waals surface area contributed by atoms with Crippen LogP contribution in [0.1, 0.15) is 133 Å². The van der Waals surface area contributed by atoms with Crippen LogP contribution in [0, 0.1) is 17.9 Å². The van der Waals surface area contributed by atoms with Crippen molar-refractivity contribution in [2.75, 3.05) is 31.1 Å². The minimum absolute atomic E-state index is 0.00575. The summed E-state index contributed by atoms with van der Waals surface area (Å²) in [6, 6.07) is 36.5. The van der Waals surface area contributed by atoms with Gasteiger partial charge in [-0.2, -0.15) is 0 Å². The molecule has 0 aromatic heterocycles. The Balaban J connectivity index is 1.53. The molecule has 0 saturated heterocycles. The van der Waals surface area contributed by atoms with Crippen LogP contribution in [0.2, 0.25) is 0 Å². The van der Waals surface area contributed by atoms with E-state index in [2.05, 4.69) is 145 Å². The Morgan fingerprint density at radius 3 is 1.47 bits per heavy atom. The van der Waals surface area contributed by atoms with Crippen molar-refractivity contribution in [1.82, 2.24) is 0 Å². The highest BCUT2D eigenvalue weighted by molar-refractivity contribution is 6.25. The number of unbranched alkanes of at least 4 members (excludes halogenated alkanes) is 8. The number of nitrogens with zero attached hydrogens (tertiary/aromatic N) is 4. The lowest BCUT2D eigenvalue weighted by Crippen LogP contribution is -2.30. The molecule has 0 aliphatic heterocycles. The summed E-state index contributed by atoms with van der Waals surface area (Å²) in [5.74, 6) is 0.137. The van der Waals surface area contributed by atoms with Gasteiger partial charge in [0.1, 0.15) is 18.8 Å². The van der Waals surface area contributed by atoms with Gasteiger partial charge in [-0.05, 0) is 59.7 Å². The predicted octanol–water partition coefficient (Wildman–Crippen LogP) is 14.2. The van der Waals surface area contributed by atoms with Crippen molar-refractivity contribution < 1.29 is 9.68 Å². The number of fused-ring (bicyclic) bond motifs is 4. The molecule has 306 valence electrons. The first-order chi connectivity index (χ1) is 29.5. The van der Waals surface area contributed by atoms with E-state index in [1.54, 1.807) is 0 Å². The van der Waals surface area contributed by atoms with Gasteiger partial charge in [-0.1, -0.05) is 151 Å². The Hall–Kier alpha value is -5.91. The molecule has 0 atom stereocenters. The molecule has 0 amide bonds. The highest BCUT2D eigenvalue weighted by Gasteiger charge is 2.42. The lowest BCUT2D eigenvalue weighted by Gasteiger charge is -2.35. The zero-order chi connectivity index (χ0) is 42.0. The van der Waals surface area contributed by atoms with Crippen LogP contribution in [-0.2, 0) is 0 Å². The maximum Gasteiger partial charge on any atom is 0.270 e. The van der Waals surface area contributed by atoms with E-state index in [1.807, 2.05) is 0 Å². The monoisotopic (exact) mass is 793 g/mol. The highest BCUT2D eigenvalue weighted by Crippen LogP contribution is 2.56. The van der Waals surface area contributed by atoms with E-state index in [0.717, 1.165) is 132 Å². The van der Waals surface area contributed by atoms with Gasteiger partial charge in [0.25, 0.3) is 5.70 Å². The number of rotatable bonds is 18. The van der Waals surface area contributed by atoms with Crippen LogP contribution >= 0.6 is 0 Å². The van der Waals surface area contributed by atoms with Crippen LogP contribution in [0.5, 0.6) is 0 Å².